The molecule has 13 heavy (non-hydrogen) atoms. The molecular formula is C11H11NO. The minimum Gasteiger partial charge on any atom is -0.293 e. The fourth-order valence-electron chi connectivity index (χ4n) is 1.14. The number of hydrogen-bond donors (Lipinski definition) is 0. The smallest absolute Gasteiger partial charge is 0.179 e. The molecule has 0 aromatic heterocycles. The first-order valence-corrected chi connectivity index (χ1v) is 4.28. The molecule has 66 valence electrons. The van der Waals surface area contributed by atoms with Crippen LogP contribution in [0.2, 0.25) is 0 Å². The lowest BCUT2D eigenvalue weighted by Gasteiger charge is -2.03. The normalized spacial score (nSPS) is 11.7. The Labute approximate surface area is 77.8 Å². The predicted octanol–water partition coefficient (Wildman–Crippen LogP) is 2.42. The van der Waals surface area contributed by atoms with Crippen molar-refractivity contribution in [2.24, 2.45) is 5.92 Å². The van der Waals surface area contributed by atoms with Gasteiger partial charge in [0.05, 0.1) is 6.07 Å². The Hall–Kier alpha value is -1.62. The van der Waals surface area contributed by atoms with Gasteiger partial charge in [0.25, 0.3) is 0 Å². The molecule has 0 aliphatic rings. The summed E-state index contributed by atoms with van der Waals surface area (Å²) in [6.45, 7) is 1.84. The van der Waals surface area contributed by atoms with Gasteiger partial charge in [-0.1, -0.05) is 37.3 Å². The molecule has 1 rings (SSSR count). The Kier molecular flexibility index (Phi) is 3.22. The van der Waals surface area contributed by atoms with Crippen LogP contribution in [0.4, 0.5) is 0 Å². The summed E-state index contributed by atoms with van der Waals surface area (Å²) in [6, 6.07) is 10.9. The average molecular weight is 173 g/mol. The fraction of sp³-hybridized carbons (Fsp3) is 0.273. The summed E-state index contributed by atoms with van der Waals surface area (Å²) in [4.78, 5) is 11.6. The van der Waals surface area contributed by atoms with Crippen molar-refractivity contribution < 1.29 is 4.79 Å². The summed E-state index contributed by atoms with van der Waals surface area (Å²) in [7, 11) is 0. The first kappa shape index (κ1) is 9.47. The van der Waals surface area contributed by atoms with Gasteiger partial charge in [0.15, 0.2) is 5.78 Å². The summed E-state index contributed by atoms with van der Waals surface area (Å²) in [6.07, 6.45) is 0.574. The molecule has 1 aromatic rings. The van der Waals surface area contributed by atoms with E-state index in [9.17, 15) is 4.79 Å². The second-order valence-electron chi connectivity index (χ2n) is 2.82. The van der Waals surface area contributed by atoms with Crippen molar-refractivity contribution in [1.82, 2.24) is 0 Å². The van der Waals surface area contributed by atoms with Crippen molar-refractivity contribution in [3.63, 3.8) is 0 Å². The van der Waals surface area contributed by atoms with Crippen LogP contribution in [-0.2, 0) is 0 Å². The van der Waals surface area contributed by atoms with Gasteiger partial charge >= 0.3 is 0 Å². The summed E-state index contributed by atoms with van der Waals surface area (Å²) in [5.41, 5.74) is 0.621. The monoisotopic (exact) mass is 173 g/mol. The third-order valence-corrected chi connectivity index (χ3v) is 1.94. The number of nitrogens with zero attached hydrogens (tertiary/aromatic N) is 1. The van der Waals surface area contributed by atoms with Crippen LogP contribution in [0.5, 0.6) is 0 Å². The molecule has 1 atom stereocenters. The minimum absolute atomic E-state index is 0.0781. The molecule has 0 fully saturated rings. The second kappa shape index (κ2) is 4.42. The van der Waals surface area contributed by atoms with Crippen LogP contribution in [0.3, 0.4) is 0 Å². The number of rotatable bonds is 3. The first-order valence-electron chi connectivity index (χ1n) is 4.28. The third-order valence-electron chi connectivity index (χ3n) is 1.94. The van der Waals surface area contributed by atoms with Crippen LogP contribution in [0.15, 0.2) is 30.3 Å². The number of nitriles is 1. The maximum atomic E-state index is 11.6. The van der Waals surface area contributed by atoms with Gasteiger partial charge in [-0.15, -0.1) is 0 Å². The zero-order valence-electron chi connectivity index (χ0n) is 7.53. The van der Waals surface area contributed by atoms with Crippen LogP contribution in [0, 0.1) is 17.2 Å². The van der Waals surface area contributed by atoms with E-state index < -0.39 is 5.92 Å². The first-order chi connectivity index (χ1) is 6.29. The Morgan fingerprint density at radius 1 is 1.46 bits per heavy atom. The topological polar surface area (TPSA) is 40.9 Å². The van der Waals surface area contributed by atoms with E-state index in [1.165, 1.54) is 0 Å². The molecule has 1 unspecified atom stereocenters. The van der Waals surface area contributed by atoms with Crippen molar-refractivity contribution in [3.05, 3.63) is 35.9 Å². The lowest BCUT2D eigenvalue weighted by molar-refractivity contribution is 0.0946. The molecule has 0 bridgehead atoms. The summed E-state index contributed by atoms with van der Waals surface area (Å²) >= 11 is 0. The SMILES string of the molecule is CCC(C#N)C(=O)c1ccccc1. The zero-order chi connectivity index (χ0) is 9.68. The van der Waals surface area contributed by atoms with Crippen LogP contribution in [0.25, 0.3) is 0 Å². The van der Waals surface area contributed by atoms with E-state index in [0.29, 0.717) is 12.0 Å². The number of carbonyl (C=O) groups is 1. The van der Waals surface area contributed by atoms with Crippen LogP contribution in [-0.4, -0.2) is 5.78 Å². The quantitative estimate of drug-likeness (QED) is 0.658. The van der Waals surface area contributed by atoms with E-state index in [4.69, 9.17) is 5.26 Å². The van der Waals surface area contributed by atoms with Gasteiger partial charge < -0.3 is 0 Å². The molecule has 0 amide bonds. The predicted molar refractivity (Wildman–Crippen MR) is 50.2 cm³/mol. The minimum atomic E-state index is -0.498. The Morgan fingerprint density at radius 2 is 2.08 bits per heavy atom. The maximum absolute atomic E-state index is 11.6. The Balaban J connectivity index is 2.86. The van der Waals surface area contributed by atoms with Gasteiger partial charge in [0.1, 0.15) is 5.92 Å². The molecule has 0 spiro atoms. The molecule has 0 aliphatic heterocycles. The second-order valence-corrected chi connectivity index (χ2v) is 2.82. The van der Waals surface area contributed by atoms with Gasteiger partial charge in [-0.05, 0) is 6.42 Å². The third kappa shape index (κ3) is 2.16. The van der Waals surface area contributed by atoms with E-state index in [2.05, 4.69) is 0 Å². The van der Waals surface area contributed by atoms with Gasteiger partial charge in [0.2, 0.25) is 0 Å². The van der Waals surface area contributed by atoms with E-state index in [-0.39, 0.29) is 5.78 Å². The molecule has 0 saturated carbocycles. The van der Waals surface area contributed by atoms with Gasteiger partial charge in [0, 0.05) is 5.56 Å². The molecule has 2 heteroatoms. The molecule has 0 radical (unpaired) electrons. The van der Waals surface area contributed by atoms with Crippen molar-refractivity contribution >= 4 is 5.78 Å². The molecule has 0 aliphatic carbocycles. The van der Waals surface area contributed by atoms with Crippen molar-refractivity contribution in [2.45, 2.75) is 13.3 Å². The Bertz CT molecular complexity index is 324. The van der Waals surface area contributed by atoms with Crippen molar-refractivity contribution in [3.8, 4) is 6.07 Å². The number of ketones is 1. The van der Waals surface area contributed by atoms with Gasteiger partial charge in [-0.2, -0.15) is 5.26 Å². The lowest BCUT2D eigenvalue weighted by atomic mass is 9.97. The highest BCUT2D eigenvalue weighted by Crippen LogP contribution is 2.10. The summed E-state index contributed by atoms with van der Waals surface area (Å²) < 4.78 is 0. The van der Waals surface area contributed by atoms with E-state index in [0.717, 1.165) is 0 Å². The van der Waals surface area contributed by atoms with Crippen molar-refractivity contribution in [1.29, 1.82) is 5.26 Å². The van der Waals surface area contributed by atoms with Crippen LogP contribution in [0.1, 0.15) is 23.7 Å². The number of carbonyl (C=O) groups excluding carboxylic acids is 1. The lowest BCUT2D eigenvalue weighted by Crippen LogP contribution is -2.11. The highest BCUT2D eigenvalue weighted by molar-refractivity contribution is 5.99. The number of benzene rings is 1. The largest absolute Gasteiger partial charge is 0.293 e. The number of Topliss-reactive ketones (excluding diaryl/α,β-unsaturated/α-hetero) is 1. The summed E-state index contributed by atoms with van der Waals surface area (Å²) in [5.74, 6) is -0.576. The average Bonchev–Trinajstić information content (AvgIpc) is 2.21. The van der Waals surface area contributed by atoms with Crippen LogP contribution < -0.4 is 0 Å². The van der Waals surface area contributed by atoms with E-state index in [1.54, 1.807) is 24.3 Å². The van der Waals surface area contributed by atoms with E-state index >= 15 is 0 Å². The number of hydrogen-bond acceptors (Lipinski definition) is 2. The molecular weight excluding hydrogens is 162 g/mol. The summed E-state index contributed by atoms with van der Waals surface area (Å²) in [5, 5.41) is 8.69. The molecule has 0 N–H and O–H groups in total. The zero-order valence-corrected chi connectivity index (χ0v) is 7.53. The van der Waals surface area contributed by atoms with Crippen molar-refractivity contribution in [2.75, 3.05) is 0 Å². The van der Waals surface area contributed by atoms with Gasteiger partial charge in [-0.3, -0.25) is 4.79 Å². The fourth-order valence-corrected chi connectivity index (χ4v) is 1.14. The Morgan fingerprint density at radius 3 is 2.54 bits per heavy atom. The standard InChI is InChI=1S/C11H11NO/c1-2-9(8-12)11(13)10-6-4-3-5-7-10/h3-7,9H,2H2,1H3. The van der Waals surface area contributed by atoms with Crippen LogP contribution >= 0.6 is 0 Å². The van der Waals surface area contributed by atoms with E-state index in [1.807, 2.05) is 19.1 Å². The highest BCUT2D eigenvalue weighted by atomic mass is 16.1. The van der Waals surface area contributed by atoms with Gasteiger partial charge in [-0.25, -0.2) is 0 Å². The molecule has 0 heterocycles. The molecule has 1 aromatic carbocycles. The molecule has 2 nitrogen and oxygen atoms in total. The highest BCUT2D eigenvalue weighted by Gasteiger charge is 2.16. The molecule has 0 saturated heterocycles. The maximum Gasteiger partial charge on any atom is 0.179 e.